The molecule has 0 radical (unpaired) electrons. The van der Waals surface area contributed by atoms with Gasteiger partial charge in [-0.25, -0.2) is 0 Å². The maximum Gasteiger partial charge on any atom is 0.272 e. The summed E-state index contributed by atoms with van der Waals surface area (Å²) < 4.78 is 10.7. The topological polar surface area (TPSA) is 140 Å². The molecule has 0 spiro atoms. The Labute approximate surface area is 304 Å². The van der Waals surface area contributed by atoms with Gasteiger partial charge < -0.3 is 25.4 Å². The third-order valence-electron chi connectivity index (χ3n) is 8.25. The van der Waals surface area contributed by atoms with Crippen molar-refractivity contribution in [2.75, 3.05) is 24.9 Å². The highest BCUT2D eigenvalue weighted by Crippen LogP contribution is 2.33. The SMILES string of the molecule is COc1ccc(/C=C(\NC(=O)c2ccccc2)C(=O)Nc2ccc(SC(C)C(=O)Nc3cccc4c3C(=O)c3ccccc3C4=O)cc2)cc1OC. The van der Waals surface area contributed by atoms with Crippen molar-refractivity contribution in [3.8, 4) is 11.5 Å². The molecule has 1 aliphatic carbocycles. The standard InChI is InChI=1S/C41H33N3O7S/c1-24(39(47)43-32-15-9-14-31-36(32)38(46)30-13-8-7-12-29(30)37(31)45)52-28-19-17-27(18-20-28)42-41(49)33(44-40(48)26-10-5-4-6-11-26)22-25-16-21-34(50-2)35(23-25)51-3/h4-24H,1-3H3,(H,42,49)(H,43,47)(H,44,48)/b33-22-. The Hall–Kier alpha value is -6.46. The number of ether oxygens (including phenoxy) is 2. The molecule has 0 aliphatic heterocycles. The van der Waals surface area contributed by atoms with Crippen LogP contribution in [0.15, 0.2) is 126 Å². The molecule has 0 saturated carbocycles. The molecule has 1 unspecified atom stereocenters. The van der Waals surface area contributed by atoms with Gasteiger partial charge in [-0.05, 0) is 73.2 Å². The highest BCUT2D eigenvalue weighted by Gasteiger charge is 2.32. The number of ketones is 2. The first-order valence-electron chi connectivity index (χ1n) is 16.2. The quantitative estimate of drug-likeness (QED) is 0.0964. The van der Waals surface area contributed by atoms with Crippen LogP contribution in [0.25, 0.3) is 6.08 Å². The second-order valence-electron chi connectivity index (χ2n) is 11.7. The number of fused-ring (bicyclic) bond motifs is 2. The van der Waals surface area contributed by atoms with Crippen molar-refractivity contribution in [3.05, 3.63) is 154 Å². The zero-order valence-electron chi connectivity index (χ0n) is 28.4. The van der Waals surface area contributed by atoms with Gasteiger partial charge >= 0.3 is 0 Å². The summed E-state index contributed by atoms with van der Waals surface area (Å²) in [5, 5.41) is 7.80. The van der Waals surface area contributed by atoms with Crippen LogP contribution in [-0.2, 0) is 9.59 Å². The number of benzene rings is 5. The molecule has 1 atom stereocenters. The van der Waals surface area contributed by atoms with Crippen LogP contribution in [0.4, 0.5) is 11.4 Å². The molecule has 52 heavy (non-hydrogen) atoms. The highest BCUT2D eigenvalue weighted by molar-refractivity contribution is 8.00. The van der Waals surface area contributed by atoms with Crippen molar-refractivity contribution in [3.63, 3.8) is 0 Å². The van der Waals surface area contributed by atoms with Crippen LogP contribution in [0.5, 0.6) is 11.5 Å². The number of nitrogens with one attached hydrogen (secondary N) is 3. The number of carbonyl (C=O) groups excluding carboxylic acids is 5. The summed E-state index contributed by atoms with van der Waals surface area (Å²) in [6.07, 6.45) is 1.54. The molecule has 0 heterocycles. The largest absolute Gasteiger partial charge is 0.493 e. The van der Waals surface area contributed by atoms with Crippen LogP contribution in [-0.4, -0.2) is 48.8 Å². The second-order valence-corrected chi connectivity index (χ2v) is 13.1. The van der Waals surface area contributed by atoms with E-state index in [4.69, 9.17) is 9.47 Å². The Bertz CT molecular complexity index is 2230. The zero-order chi connectivity index (χ0) is 36.8. The van der Waals surface area contributed by atoms with E-state index in [0.717, 1.165) is 4.90 Å². The summed E-state index contributed by atoms with van der Waals surface area (Å²) in [6.45, 7) is 1.73. The Balaban J connectivity index is 1.14. The van der Waals surface area contributed by atoms with E-state index >= 15 is 0 Å². The van der Waals surface area contributed by atoms with E-state index in [2.05, 4.69) is 16.0 Å². The Morgan fingerprint density at radius 1 is 0.692 bits per heavy atom. The fourth-order valence-electron chi connectivity index (χ4n) is 5.61. The lowest BCUT2D eigenvalue weighted by molar-refractivity contribution is -0.115. The lowest BCUT2D eigenvalue weighted by atomic mass is 9.83. The van der Waals surface area contributed by atoms with Crippen LogP contribution in [0.1, 0.15) is 54.7 Å². The maximum atomic E-state index is 13.5. The number of amides is 3. The minimum atomic E-state index is -0.581. The van der Waals surface area contributed by atoms with E-state index in [1.54, 1.807) is 122 Å². The van der Waals surface area contributed by atoms with Crippen LogP contribution in [0.3, 0.4) is 0 Å². The normalized spacial score (nSPS) is 12.6. The van der Waals surface area contributed by atoms with E-state index in [9.17, 15) is 24.0 Å². The van der Waals surface area contributed by atoms with Gasteiger partial charge in [0.15, 0.2) is 23.1 Å². The number of thioether (sulfide) groups is 1. The van der Waals surface area contributed by atoms with E-state index < -0.39 is 17.1 Å². The van der Waals surface area contributed by atoms with Crippen molar-refractivity contribution in [1.29, 1.82) is 0 Å². The third kappa shape index (κ3) is 7.64. The lowest BCUT2D eigenvalue weighted by Gasteiger charge is -2.21. The number of carbonyl (C=O) groups is 5. The first-order chi connectivity index (χ1) is 25.2. The van der Waals surface area contributed by atoms with Crippen molar-refractivity contribution in [2.24, 2.45) is 0 Å². The Morgan fingerprint density at radius 2 is 1.35 bits per heavy atom. The lowest BCUT2D eigenvalue weighted by Crippen LogP contribution is -2.30. The predicted octanol–water partition coefficient (Wildman–Crippen LogP) is 7.01. The minimum absolute atomic E-state index is 0.00316. The summed E-state index contributed by atoms with van der Waals surface area (Å²) in [5.74, 6) is -0.987. The van der Waals surface area contributed by atoms with Crippen LogP contribution in [0.2, 0.25) is 0 Å². The molecule has 0 bridgehead atoms. The summed E-state index contributed by atoms with van der Waals surface area (Å²) in [6, 6.07) is 32.0. The van der Waals surface area contributed by atoms with Gasteiger partial charge in [0.05, 0.1) is 30.7 Å². The fraction of sp³-hybridized carbons (Fsp3) is 0.0976. The monoisotopic (exact) mass is 711 g/mol. The summed E-state index contributed by atoms with van der Waals surface area (Å²) in [5.41, 5.74) is 2.77. The number of hydrogen-bond donors (Lipinski definition) is 3. The molecule has 6 rings (SSSR count). The van der Waals surface area contributed by atoms with Gasteiger partial charge in [0.2, 0.25) is 5.91 Å². The fourth-order valence-corrected chi connectivity index (χ4v) is 6.48. The zero-order valence-corrected chi connectivity index (χ0v) is 29.2. The van der Waals surface area contributed by atoms with Crippen molar-refractivity contribution < 1.29 is 33.4 Å². The van der Waals surface area contributed by atoms with E-state index in [1.807, 2.05) is 0 Å². The molecule has 5 aromatic carbocycles. The molecule has 260 valence electrons. The van der Waals surface area contributed by atoms with Gasteiger partial charge in [-0.2, -0.15) is 0 Å². The summed E-state index contributed by atoms with van der Waals surface area (Å²) >= 11 is 1.28. The van der Waals surface area contributed by atoms with Crippen LogP contribution >= 0.6 is 11.8 Å². The van der Waals surface area contributed by atoms with Crippen molar-refractivity contribution >= 4 is 58.5 Å². The molecule has 0 saturated heterocycles. The Morgan fingerprint density at radius 3 is 2.04 bits per heavy atom. The molecule has 0 fully saturated rings. The number of rotatable bonds is 11. The highest BCUT2D eigenvalue weighted by atomic mass is 32.2. The van der Waals surface area contributed by atoms with Gasteiger partial charge in [-0.1, -0.05) is 60.7 Å². The minimum Gasteiger partial charge on any atom is -0.493 e. The number of hydrogen-bond acceptors (Lipinski definition) is 8. The summed E-state index contributed by atoms with van der Waals surface area (Å²) in [7, 11) is 3.03. The number of methoxy groups -OCH3 is 2. The molecule has 3 amide bonds. The molecular weight excluding hydrogens is 679 g/mol. The maximum absolute atomic E-state index is 13.5. The molecule has 10 nitrogen and oxygen atoms in total. The molecule has 3 N–H and O–H groups in total. The van der Waals surface area contributed by atoms with Crippen molar-refractivity contribution in [1.82, 2.24) is 5.32 Å². The van der Waals surface area contributed by atoms with E-state index in [0.29, 0.717) is 39.4 Å². The summed E-state index contributed by atoms with van der Waals surface area (Å²) in [4.78, 5) is 67.1. The molecule has 5 aromatic rings. The van der Waals surface area contributed by atoms with Crippen LogP contribution in [0, 0.1) is 0 Å². The Kier molecular flexibility index (Phi) is 10.6. The van der Waals surface area contributed by atoms with Crippen LogP contribution < -0.4 is 25.4 Å². The first-order valence-corrected chi connectivity index (χ1v) is 17.0. The van der Waals surface area contributed by atoms with E-state index in [1.165, 1.54) is 32.1 Å². The predicted molar refractivity (Wildman–Crippen MR) is 200 cm³/mol. The van der Waals surface area contributed by atoms with Gasteiger partial charge in [0.25, 0.3) is 11.8 Å². The van der Waals surface area contributed by atoms with Gasteiger partial charge in [0, 0.05) is 32.8 Å². The smallest absolute Gasteiger partial charge is 0.272 e. The van der Waals surface area contributed by atoms with Gasteiger partial charge in [0.1, 0.15) is 5.70 Å². The molecular formula is C41H33N3O7S. The van der Waals surface area contributed by atoms with E-state index in [-0.39, 0.29) is 40.0 Å². The van der Waals surface area contributed by atoms with Crippen molar-refractivity contribution in [2.45, 2.75) is 17.1 Å². The molecule has 11 heteroatoms. The average molecular weight is 712 g/mol. The molecule has 1 aliphatic rings. The first kappa shape index (κ1) is 35.4. The second kappa shape index (κ2) is 15.6. The van der Waals surface area contributed by atoms with Gasteiger partial charge in [-0.15, -0.1) is 11.8 Å². The average Bonchev–Trinajstić information content (AvgIpc) is 3.17. The van der Waals surface area contributed by atoms with Gasteiger partial charge in [-0.3, -0.25) is 24.0 Å². The number of anilines is 2. The third-order valence-corrected chi connectivity index (χ3v) is 9.36. The molecule has 0 aromatic heterocycles.